The summed E-state index contributed by atoms with van der Waals surface area (Å²) in [6, 6.07) is 8.31. The van der Waals surface area contributed by atoms with Gasteiger partial charge in [0.1, 0.15) is 0 Å². The highest BCUT2D eigenvalue weighted by molar-refractivity contribution is 5.82. The van der Waals surface area contributed by atoms with E-state index in [-0.39, 0.29) is 6.10 Å². The SMILES string of the molecule is Cn1nc(CC2=CC(O)CCC2)c2ccccc21. The summed E-state index contributed by atoms with van der Waals surface area (Å²) in [5.41, 5.74) is 3.61. The summed E-state index contributed by atoms with van der Waals surface area (Å²) in [5, 5.41) is 15.5. The molecule has 3 nitrogen and oxygen atoms in total. The van der Waals surface area contributed by atoms with Gasteiger partial charge in [0, 0.05) is 18.9 Å². The van der Waals surface area contributed by atoms with E-state index in [2.05, 4.69) is 23.3 Å². The second kappa shape index (κ2) is 4.58. The molecule has 0 aliphatic heterocycles. The molecule has 0 spiro atoms. The third-order valence-electron chi connectivity index (χ3n) is 3.65. The highest BCUT2D eigenvalue weighted by atomic mass is 16.3. The molecule has 0 saturated heterocycles. The Kier molecular flexibility index (Phi) is 2.92. The average molecular weight is 242 g/mol. The summed E-state index contributed by atoms with van der Waals surface area (Å²) >= 11 is 0. The molecule has 94 valence electrons. The molecule has 1 aromatic heterocycles. The van der Waals surface area contributed by atoms with Gasteiger partial charge in [-0.05, 0) is 25.3 Å². The number of hydrogen-bond acceptors (Lipinski definition) is 2. The quantitative estimate of drug-likeness (QED) is 0.822. The standard InChI is InChI=1S/C15H18N2O/c1-17-15-8-3-2-7-13(15)14(16-17)10-11-5-4-6-12(18)9-11/h2-3,7-9,12,18H,4-6,10H2,1H3. The molecule has 0 amide bonds. The van der Waals surface area contributed by atoms with Gasteiger partial charge in [-0.2, -0.15) is 5.10 Å². The van der Waals surface area contributed by atoms with Crippen LogP contribution >= 0.6 is 0 Å². The second-order valence-electron chi connectivity index (χ2n) is 5.05. The van der Waals surface area contributed by atoms with Crippen molar-refractivity contribution in [2.24, 2.45) is 7.05 Å². The predicted molar refractivity (Wildman–Crippen MR) is 72.4 cm³/mol. The van der Waals surface area contributed by atoms with Gasteiger partial charge in [-0.15, -0.1) is 0 Å². The smallest absolute Gasteiger partial charge is 0.0743 e. The zero-order chi connectivity index (χ0) is 12.5. The third kappa shape index (κ3) is 2.06. The van der Waals surface area contributed by atoms with Crippen LogP contribution in [0.5, 0.6) is 0 Å². The van der Waals surface area contributed by atoms with Crippen molar-refractivity contribution < 1.29 is 5.11 Å². The fraction of sp³-hybridized carbons (Fsp3) is 0.400. The van der Waals surface area contributed by atoms with Crippen molar-refractivity contribution in [2.45, 2.75) is 31.8 Å². The van der Waals surface area contributed by atoms with E-state index in [1.807, 2.05) is 23.9 Å². The number of para-hydroxylation sites is 1. The van der Waals surface area contributed by atoms with Crippen molar-refractivity contribution in [3.63, 3.8) is 0 Å². The topological polar surface area (TPSA) is 38.0 Å². The van der Waals surface area contributed by atoms with E-state index in [9.17, 15) is 5.11 Å². The van der Waals surface area contributed by atoms with Gasteiger partial charge in [0.2, 0.25) is 0 Å². The molecule has 1 atom stereocenters. The van der Waals surface area contributed by atoms with Crippen LogP contribution in [-0.4, -0.2) is 21.0 Å². The Balaban J connectivity index is 1.95. The van der Waals surface area contributed by atoms with E-state index in [1.54, 1.807) is 0 Å². The average Bonchev–Trinajstić information content (AvgIpc) is 2.67. The molecule has 0 fully saturated rings. The van der Waals surface area contributed by atoms with Crippen molar-refractivity contribution in [1.29, 1.82) is 0 Å². The second-order valence-corrected chi connectivity index (χ2v) is 5.05. The van der Waals surface area contributed by atoms with Crippen molar-refractivity contribution in [1.82, 2.24) is 9.78 Å². The number of aliphatic hydroxyl groups is 1. The van der Waals surface area contributed by atoms with Gasteiger partial charge in [0.15, 0.2) is 0 Å². The summed E-state index contributed by atoms with van der Waals surface area (Å²) in [6.45, 7) is 0. The Morgan fingerprint density at radius 1 is 1.39 bits per heavy atom. The maximum Gasteiger partial charge on any atom is 0.0743 e. The van der Waals surface area contributed by atoms with Crippen LogP contribution < -0.4 is 0 Å². The number of fused-ring (bicyclic) bond motifs is 1. The lowest BCUT2D eigenvalue weighted by Gasteiger charge is -2.16. The minimum Gasteiger partial charge on any atom is -0.389 e. The molecular weight excluding hydrogens is 224 g/mol. The maximum atomic E-state index is 9.67. The first-order valence-electron chi connectivity index (χ1n) is 6.52. The van der Waals surface area contributed by atoms with Gasteiger partial charge in [-0.25, -0.2) is 0 Å². The van der Waals surface area contributed by atoms with Gasteiger partial charge >= 0.3 is 0 Å². The first-order valence-corrected chi connectivity index (χ1v) is 6.52. The molecular formula is C15H18N2O. The zero-order valence-corrected chi connectivity index (χ0v) is 10.6. The number of benzene rings is 1. The summed E-state index contributed by atoms with van der Waals surface area (Å²) in [7, 11) is 1.98. The Morgan fingerprint density at radius 3 is 3.06 bits per heavy atom. The highest BCUT2D eigenvalue weighted by Crippen LogP contribution is 2.25. The summed E-state index contributed by atoms with van der Waals surface area (Å²) < 4.78 is 1.94. The zero-order valence-electron chi connectivity index (χ0n) is 10.6. The maximum absolute atomic E-state index is 9.67. The summed E-state index contributed by atoms with van der Waals surface area (Å²) in [4.78, 5) is 0. The lowest BCUT2D eigenvalue weighted by atomic mass is 9.94. The van der Waals surface area contributed by atoms with Crippen LogP contribution in [0.1, 0.15) is 25.0 Å². The Bertz CT molecular complexity index is 598. The first-order chi connectivity index (χ1) is 8.74. The van der Waals surface area contributed by atoms with Crippen LogP contribution in [0.2, 0.25) is 0 Å². The summed E-state index contributed by atoms with van der Waals surface area (Å²) in [5.74, 6) is 0. The summed E-state index contributed by atoms with van der Waals surface area (Å²) in [6.07, 6.45) is 5.67. The molecule has 3 rings (SSSR count). The van der Waals surface area contributed by atoms with Gasteiger partial charge < -0.3 is 5.11 Å². The number of rotatable bonds is 2. The molecule has 1 aliphatic carbocycles. The Labute approximate surface area is 107 Å². The van der Waals surface area contributed by atoms with Gasteiger partial charge in [0.25, 0.3) is 0 Å². The van der Waals surface area contributed by atoms with Crippen molar-refractivity contribution in [2.75, 3.05) is 0 Å². The van der Waals surface area contributed by atoms with E-state index >= 15 is 0 Å². The fourth-order valence-electron chi connectivity index (χ4n) is 2.76. The Hall–Kier alpha value is -1.61. The number of allylic oxidation sites excluding steroid dienone is 1. The van der Waals surface area contributed by atoms with E-state index in [4.69, 9.17) is 0 Å². The molecule has 18 heavy (non-hydrogen) atoms. The molecule has 1 heterocycles. The molecule has 0 saturated carbocycles. The lowest BCUT2D eigenvalue weighted by molar-refractivity contribution is 0.202. The molecule has 1 N–H and O–H groups in total. The number of aryl methyl sites for hydroxylation is 1. The largest absolute Gasteiger partial charge is 0.389 e. The molecule has 1 aliphatic rings. The number of nitrogens with zero attached hydrogens (tertiary/aromatic N) is 2. The molecule has 0 radical (unpaired) electrons. The number of hydrogen-bond donors (Lipinski definition) is 1. The van der Waals surface area contributed by atoms with Crippen LogP contribution in [0.25, 0.3) is 10.9 Å². The van der Waals surface area contributed by atoms with Crippen molar-refractivity contribution >= 4 is 10.9 Å². The van der Waals surface area contributed by atoms with Crippen LogP contribution in [0.3, 0.4) is 0 Å². The highest BCUT2D eigenvalue weighted by Gasteiger charge is 2.14. The molecule has 3 heteroatoms. The first kappa shape index (κ1) is 11.5. The molecule has 1 unspecified atom stereocenters. The third-order valence-corrected chi connectivity index (χ3v) is 3.65. The van der Waals surface area contributed by atoms with Crippen LogP contribution in [0, 0.1) is 0 Å². The van der Waals surface area contributed by atoms with Crippen LogP contribution in [0.4, 0.5) is 0 Å². The fourth-order valence-corrected chi connectivity index (χ4v) is 2.76. The monoisotopic (exact) mass is 242 g/mol. The van der Waals surface area contributed by atoms with Crippen molar-refractivity contribution in [3.8, 4) is 0 Å². The van der Waals surface area contributed by atoms with E-state index in [0.717, 1.165) is 31.4 Å². The molecule has 2 aromatic rings. The Morgan fingerprint density at radius 2 is 2.22 bits per heavy atom. The number of aromatic nitrogens is 2. The minimum absolute atomic E-state index is 0.260. The molecule has 1 aromatic carbocycles. The molecule has 0 bridgehead atoms. The van der Waals surface area contributed by atoms with Crippen LogP contribution in [0.15, 0.2) is 35.9 Å². The van der Waals surface area contributed by atoms with Crippen molar-refractivity contribution in [3.05, 3.63) is 41.6 Å². The van der Waals surface area contributed by atoms with Gasteiger partial charge in [-0.3, -0.25) is 4.68 Å². The normalized spacial score (nSPS) is 20.1. The number of aliphatic hydroxyl groups excluding tert-OH is 1. The van der Waals surface area contributed by atoms with Gasteiger partial charge in [-0.1, -0.05) is 29.8 Å². The van der Waals surface area contributed by atoms with E-state index in [0.29, 0.717) is 0 Å². The predicted octanol–water partition coefficient (Wildman–Crippen LogP) is 2.59. The minimum atomic E-state index is -0.260. The van der Waals surface area contributed by atoms with E-state index in [1.165, 1.54) is 16.5 Å². The van der Waals surface area contributed by atoms with Gasteiger partial charge in [0.05, 0.1) is 17.3 Å². The van der Waals surface area contributed by atoms with E-state index < -0.39 is 0 Å². The lowest BCUT2D eigenvalue weighted by Crippen LogP contribution is -2.10. The van der Waals surface area contributed by atoms with Crippen LogP contribution in [-0.2, 0) is 13.5 Å².